The van der Waals surface area contributed by atoms with Crippen molar-refractivity contribution >= 4 is 27.7 Å². The zero-order valence-electron chi connectivity index (χ0n) is 12.6. The maximum atomic E-state index is 3.72. The van der Waals surface area contributed by atoms with Gasteiger partial charge in [-0.3, -0.25) is 0 Å². The number of rotatable bonds is 6. The summed E-state index contributed by atoms with van der Waals surface area (Å²) in [4.78, 5) is 1.38. The summed E-state index contributed by atoms with van der Waals surface area (Å²) in [6.45, 7) is 5.70. The van der Waals surface area contributed by atoms with Gasteiger partial charge in [0.1, 0.15) is 0 Å². The van der Waals surface area contributed by atoms with E-state index in [0.29, 0.717) is 6.04 Å². The van der Waals surface area contributed by atoms with Gasteiger partial charge < -0.3 is 5.32 Å². The average molecular weight is 356 g/mol. The molecule has 0 heterocycles. The monoisotopic (exact) mass is 355 g/mol. The first kappa shape index (κ1) is 16.4. The second kappa shape index (κ2) is 8.45. The quantitative estimate of drug-likeness (QED) is 0.690. The van der Waals surface area contributed by atoms with Crippen LogP contribution in [0.5, 0.6) is 0 Å². The van der Waals surface area contributed by atoms with Gasteiger partial charge in [0.05, 0.1) is 0 Å². The van der Waals surface area contributed by atoms with Crippen molar-refractivity contribution in [2.45, 2.75) is 50.5 Å². The van der Waals surface area contributed by atoms with Crippen molar-refractivity contribution in [3.05, 3.63) is 28.7 Å². The van der Waals surface area contributed by atoms with Crippen LogP contribution in [-0.2, 0) is 0 Å². The number of halogens is 1. The summed E-state index contributed by atoms with van der Waals surface area (Å²) in [6, 6.07) is 9.35. The lowest BCUT2D eigenvalue weighted by Gasteiger charge is -2.33. The number of hydrogen-bond donors (Lipinski definition) is 1. The third-order valence-electron chi connectivity index (χ3n) is 4.34. The first-order chi connectivity index (χ1) is 9.69. The Morgan fingerprint density at radius 3 is 2.45 bits per heavy atom. The number of hydrogen-bond acceptors (Lipinski definition) is 2. The molecule has 3 heteroatoms. The van der Waals surface area contributed by atoms with E-state index in [1.54, 1.807) is 0 Å². The molecule has 0 amide bonds. The van der Waals surface area contributed by atoms with Crippen LogP contribution in [0, 0.1) is 11.8 Å². The zero-order chi connectivity index (χ0) is 14.4. The normalized spacial score (nSPS) is 24.6. The highest BCUT2D eigenvalue weighted by atomic mass is 79.9. The Kier molecular flexibility index (Phi) is 6.92. The molecule has 0 aromatic heterocycles. The molecule has 0 radical (unpaired) electrons. The summed E-state index contributed by atoms with van der Waals surface area (Å²) in [6.07, 6.45) is 5.63. The Labute approximate surface area is 136 Å². The number of thioether (sulfide) groups is 1. The highest BCUT2D eigenvalue weighted by Gasteiger charge is 2.25. The van der Waals surface area contributed by atoms with Crippen LogP contribution >= 0.6 is 27.7 Å². The molecule has 1 N–H and O–H groups in total. The van der Waals surface area contributed by atoms with Crippen LogP contribution in [-0.4, -0.2) is 18.3 Å². The highest BCUT2D eigenvalue weighted by molar-refractivity contribution is 9.10. The molecule has 1 unspecified atom stereocenters. The molecule has 0 saturated heterocycles. The lowest BCUT2D eigenvalue weighted by molar-refractivity contribution is 0.243. The number of benzene rings is 1. The van der Waals surface area contributed by atoms with Crippen molar-refractivity contribution in [1.82, 2.24) is 5.32 Å². The van der Waals surface area contributed by atoms with Gasteiger partial charge in [0.2, 0.25) is 0 Å². The molecular weight excluding hydrogens is 330 g/mol. The second-order valence-corrected chi connectivity index (χ2v) is 7.96. The predicted octanol–water partition coefficient (Wildman–Crippen LogP) is 5.35. The molecule has 0 aliphatic heterocycles. The van der Waals surface area contributed by atoms with Gasteiger partial charge in [0, 0.05) is 21.2 Å². The summed E-state index contributed by atoms with van der Waals surface area (Å²) in [5.41, 5.74) is 0. The van der Waals surface area contributed by atoms with Gasteiger partial charge in [-0.2, -0.15) is 0 Å². The summed E-state index contributed by atoms with van der Waals surface area (Å²) < 4.78 is 1.16. The second-order valence-electron chi connectivity index (χ2n) is 5.95. The summed E-state index contributed by atoms with van der Waals surface area (Å²) in [5.74, 6) is 3.00. The van der Waals surface area contributed by atoms with Gasteiger partial charge in [-0.1, -0.05) is 42.6 Å². The predicted molar refractivity (Wildman–Crippen MR) is 93.5 cm³/mol. The van der Waals surface area contributed by atoms with Gasteiger partial charge in [0.25, 0.3) is 0 Å². The fourth-order valence-electron chi connectivity index (χ4n) is 3.03. The molecule has 1 saturated carbocycles. The van der Waals surface area contributed by atoms with Crippen molar-refractivity contribution < 1.29 is 0 Å². The maximum Gasteiger partial charge on any atom is 0.0189 e. The van der Waals surface area contributed by atoms with E-state index in [4.69, 9.17) is 0 Å². The fourth-order valence-corrected chi connectivity index (χ4v) is 4.38. The molecule has 20 heavy (non-hydrogen) atoms. The van der Waals surface area contributed by atoms with E-state index in [-0.39, 0.29) is 0 Å². The number of nitrogens with one attached hydrogen (secondary N) is 1. The van der Waals surface area contributed by atoms with E-state index in [0.717, 1.165) is 22.9 Å². The van der Waals surface area contributed by atoms with Crippen molar-refractivity contribution in [1.29, 1.82) is 0 Å². The Hall–Kier alpha value is 0.01000. The van der Waals surface area contributed by atoms with Gasteiger partial charge in [0.15, 0.2) is 0 Å². The minimum atomic E-state index is 0.668. The van der Waals surface area contributed by atoms with Crippen molar-refractivity contribution in [2.24, 2.45) is 11.8 Å². The van der Waals surface area contributed by atoms with Crippen LogP contribution in [0.3, 0.4) is 0 Å². The molecule has 1 nitrogen and oxygen atoms in total. The summed E-state index contributed by atoms with van der Waals surface area (Å²) >= 11 is 5.49. The molecule has 2 rings (SSSR count). The topological polar surface area (TPSA) is 12.0 Å². The Morgan fingerprint density at radius 1 is 1.20 bits per heavy atom. The third kappa shape index (κ3) is 5.09. The van der Waals surface area contributed by atoms with E-state index >= 15 is 0 Å². The van der Waals surface area contributed by atoms with E-state index < -0.39 is 0 Å². The van der Waals surface area contributed by atoms with Gasteiger partial charge in [-0.15, -0.1) is 11.8 Å². The third-order valence-corrected chi connectivity index (χ3v) is 6.00. The first-order valence-electron chi connectivity index (χ1n) is 7.80. The molecule has 1 aromatic rings. The molecule has 0 bridgehead atoms. The van der Waals surface area contributed by atoms with Crippen LogP contribution in [0.1, 0.15) is 39.5 Å². The maximum absolute atomic E-state index is 3.72. The molecule has 112 valence electrons. The van der Waals surface area contributed by atoms with Crippen LogP contribution < -0.4 is 5.32 Å². The van der Waals surface area contributed by atoms with E-state index in [1.807, 2.05) is 11.8 Å². The van der Waals surface area contributed by atoms with Crippen LogP contribution in [0.15, 0.2) is 33.6 Å². The first-order valence-corrected chi connectivity index (χ1v) is 9.58. The summed E-state index contributed by atoms with van der Waals surface area (Å²) in [7, 11) is 0. The standard InChI is InChI=1S/C17H26BrNS/c1-3-19-17(14-6-4-13(2)5-7-14)12-20-16-10-8-15(18)9-11-16/h8-11,13-14,17,19H,3-7,12H2,1-2H3. The van der Waals surface area contributed by atoms with E-state index in [9.17, 15) is 0 Å². The van der Waals surface area contributed by atoms with E-state index in [2.05, 4.69) is 59.4 Å². The van der Waals surface area contributed by atoms with E-state index in [1.165, 1.54) is 36.3 Å². The lowest BCUT2D eigenvalue weighted by atomic mass is 9.79. The average Bonchev–Trinajstić information content (AvgIpc) is 2.46. The zero-order valence-corrected chi connectivity index (χ0v) is 15.0. The Bertz CT molecular complexity index is 384. The van der Waals surface area contributed by atoms with Gasteiger partial charge >= 0.3 is 0 Å². The van der Waals surface area contributed by atoms with Crippen molar-refractivity contribution in [2.75, 3.05) is 12.3 Å². The molecule has 1 fully saturated rings. The van der Waals surface area contributed by atoms with Crippen molar-refractivity contribution in [3.8, 4) is 0 Å². The van der Waals surface area contributed by atoms with Crippen molar-refractivity contribution in [3.63, 3.8) is 0 Å². The SMILES string of the molecule is CCNC(CSc1ccc(Br)cc1)C1CCC(C)CC1. The lowest BCUT2D eigenvalue weighted by Crippen LogP contribution is -2.39. The fraction of sp³-hybridized carbons (Fsp3) is 0.647. The molecule has 1 aliphatic carbocycles. The molecular formula is C17H26BrNS. The van der Waals surface area contributed by atoms with Gasteiger partial charge in [-0.05, 0) is 55.5 Å². The molecule has 1 atom stereocenters. The summed E-state index contributed by atoms with van der Waals surface area (Å²) in [5, 5.41) is 3.72. The molecule has 1 aliphatic rings. The van der Waals surface area contributed by atoms with Crippen LogP contribution in [0.25, 0.3) is 0 Å². The van der Waals surface area contributed by atoms with Crippen LogP contribution in [0.2, 0.25) is 0 Å². The minimum absolute atomic E-state index is 0.668. The smallest absolute Gasteiger partial charge is 0.0189 e. The minimum Gasteiger partial charge on any atom is -0.313 e. The van der Waals surface area contributed by atoms with Gasteiger partial charge in [-0.25, -0.2) is 0 Å². The Balaban J connectivity index is 1.87. The molecule has 1 aromatic carbocycles. The highest BCUT2D eigenvalue weighted by Crippen LogP contribution is 2.32. The van der Waals surface area contributed by atoms with Crippen LogP contribution in [0.4, 0.5) is 0 Å². The largest absolute Gasteiger partial charge is 0.313 e. The molecule has 0 spiro atoms. The Morgan fingerprint density at radius 2 is 1.85 bits per heavy atom.